The maximum atomic E-state index is 13.0. The van der Waals surface area contributed by atoms with E-state index in [1.807, 2.05) is 31.4 Å². The summed E-state index contributed by atoms with van der Waals surface area (Å²) < 4.78 is 33.9. The molecule has 1 aliphatic heterocycles. The number of aromatic nitrogens is 1. The monoisotopic (exact) mass is 352 g/mol. The first-order valence-electron chi connectivity index (χ1n) is 8.04. The van der Waals surface area contributed by atoms with Crippen LogP contribution in [-0.4, -0.2) is 8.42 Å². The molecule has 0 N–H and O–H groups in total. The summed E-state index contributed by atoms with van der Waals surface area (Å²) in [4.78, 5) is 0.414. The van der Waals surface area contributed by atoms with Crippen molar-refractivity contribution in [3.63, 3.8) is 0 Å². The first kappa shape index (κ1) is 15.8. The molecule has 126 valence electrons. The van der Waals surface area contributed by atoms with Crippen molar-refractivity contribution in [2.24, 2.45) is 0 Å². The number of para-hydroxylation sites is 1. The summed E-state index contributed by atoms with van der Waals surface area (Å²) in [7, 11) is -3.60. The van der Waals surface area contributed by atoms with Crippen LogP contribution in [0.15, 0.2) is 64.4 Å². The van der Waals surface area contributed by atoms with Gasteiger partial charge in [-0.05, 0) is 30.7 Å². The van der Waals surface area contributed by atoms with Crippen molar-refractivity contribution in [3.05, 3.63) is 71.5 Å². The van der Waals surface area contributed by atoms with Crippen LogP contribution in [0.1, 0.15) is 17.0 Å². The maximum Gasteiger partial charge on any atom is 0.214 e. The van der Waals surface area contributed by atoms with E-state index in [0.29, 0.717) is 11.5 Å². The number of ether oxygens (including phenoxy) is 1. The van der Waals surface area contributed by atoms with Gasteiger partial charge in [-0.1, -0.05) is 12.1 Å². The Balaban J connectivity index is 1.94. The molecule has 0 unspecified atom stereocenters. The van der Waals surface area contributed by atoms with Crippen LogP contribution in [0, 0.1) is 20.8 Å². The number of rotatable bonds is 1. The molecule has 5 heteroatoms. The van der Waals surface area contributed by atoms with E-state index >= 15 is 0 Å². The molecule has 0 radical (unpaired) electrons. The lowest BCUT2D eigenvalue weighted by molar-refractivity contribution is -0.609. The van der Waals surface area contributed by atoms with Crippen LogP contribution in [0.5, 0.6) is 11.5 Å². The highest BCUT2D eigenvalue weighted by Crippen LogP contribution is 2.42. The van der Waals surface area contributed by atoms with Gasteiger partial charge in [-0.2, -0.15) is 4.57 Å². The van der Waals surface area contributed by atoms with Crippen LogP contribution in [-0.2, 0) is 9.84 Å². The zero-order valence-corrected chi connectivity index (χ0v) is 15.1. The molecule has 4 nitrogen and oxygen atoms in total. The van der Waals surface area contributed by atoms with E-state index in [-0.39, 0.29) is 9.79 Å². The van der Waals surface area contributed by atoms with Gasteiger partial charge in [-0.25, -0.2) is 8.42 Å². The maximum absolute atomic E-state index is 13.0. The molecule has 4 rings (SSSR count). The van der Waals surface area contributed by atoms with E-state index in [9.17, 15) is 8.42 Å². The van der Waals surface area contributed by atoms with E-state index in [0.717, 1.165) is 17.1 Å². The second-order valence-electron chi connectivity index (χ2n) is 6.33. The molecule has 0 atom stereocenters. The van der Waals surface area contributed by atoms with Gasteiger partial charge < -0.3 is 4.74 Å². The summed E-state index contributed by atoms with van der Waals surface area (Å²) in [5, 5.41) is 0. The van der Waals surface area contributed by atoms with E-state index in [1.54, 1.807) is 36.4 Å². The van der Waals surface area contributed by atoms with E-state index in [1.165, 1.54) is 5.56 Å². The first-order chi connectivity index (χ1) is 11.9. The Morgan fingerprint density at radius 2 is 1.44 bits per heavy atom. The lowest BCUT2D eigenvalue weighted by atomic mass is 10.2. The van der Waals surface area contributed by atoms with Crippen molar-refractivity contribution in [2.75, 3.05) is 0 Å². The van der Waals surface area contributed by atoms with Crippen molar-refractivity contribution in [3.8, 4) is 17.2 Å². The van der Waals surface area contributed by atoms with Crippen LogP contribution in [0.4, 0.5) is 0 Å². The van der Waals surface area contributed by atoms with Crippen molar-refractivity contribution in [2.45, 2.75) is 30.6 Å². The Bertz CT molecular complexity index is 1090. The minimum absolute atomic E-state index is 0.204. The minimum Gasteiger partial charge on any atom is -0.455 e. The molecule has 3 aromatic rings. The van der Waals surface area contributed by atoms with E-state index < -0.39 is 9.84 Å². The fourth-order valence-corrected chi connectivity index (χ4v) is 4.96. The number of hydrogen-bond donors (Lipinski definition) is 0. The molecule has 0 spiro atoms. The van der Waals surface area contributed by atoms with Crippen molar-refractivity contribution >= 4 is 9.84 Å². The number of nitrogens with zero attached hydrogens (tertiary/aromatic N) is 1. The summed E-state index contributed by atoms with van der Waals surface area (Å²) in [6.07, 6.45) is 0. The quantitative estimate of drug-likeness (QED) is 0.489. The van der Waals surface area contributed by atoms with Crippen molar-refractivity contribution < 1.29 is 17.7 Å². The van der Waals surface area contributed by atoms with Crippen LogP contribution >= 0.6 is 0 Å². The van der Waals surface area contributed by atoms with Gasteiger partial charge >= 0.3 is 0 Å². The number of pyridine rings is 1. The second kappa shape index (κ2) is 5.43. The average molecular weight is 352 g/mol. The van der Waals surface area contributed by atoms with Gasteiger partial charge in [0, 0.05) is 38.1 Å². The van der Waals surface area contributed by atoms with E-state index in [2.05, 4.69) is 12.1 Å². The Morgan fingerprint density at radius 1 is 0.800 bits per heavy atom. The van der Waals surface area contributed by atoms with Crippen LogP contribution in [0.25, 0.3) is 5.69 Å². The standard InChI is InChI=1S/C20H18NO3S/c1-13-10-14(2)21(15(3)11-13)16-8-9-18-20(12-16)25(22,23)19-7-5-4-6-17(19)24-18/h4-12H,1-3H3/q+1. The molecule has 1 aromatic heterocycles. The van der Waals surface area contributed by atoms with Gasteiger partial charge in [0.1, 0.15) is 21.3 Å². The third-order valence-corrected chi connectivity index (χ3v) is 6.23. The Kier molecular flexibility index (Phi) is 3.44. The van der Waals surface area contributed by atoms with Crippen molar-refractivity contribution in [1.82, 2.24) is 0 Å². The first-order valence-corrected chi connectivity index (χ1v) is 9.52. The number of hydrogen-bond acceptors (Lipinski definition) is 3. The zero-order valence-electron chi connectivity index (χ0n) is 14.3. The lowest BCUT2D eigenvalue weighted by Crippen LogP contribution is -2.38. The largest absolute Gasteiger partial charge is 0.455 e. The Hall–Kier alpha value is -2.66. The summed E-state index contributed by atoms with van der Waals surface area (Å²) in [6, 6.07) is 16.2. The molecule has 2 heterocycles. The number of sulfone groups is 1. The fourth-order valence-electron chi connectivity index (χ4n) is 3.44. The molecule has 25 heavy (non-hydrogen) atoms. The predicted molar refractivity (Wildman–Crippen MR) is 94.2 cm³/mol. The highest BCUT2D eigenvalue weighted by Gasteiger charge is 2.32. The molecule has 1 aliphatic rings. The third-order valence-electron chi connectivity index (χ3n) is 4.41. The van der Waals surface area contributed by atoms with Crippen LogP contribution in [0.3, 0.4) is 0 Å². The Labute approximate surface area is 147 Å². The highest BCUT2D eigenvalue weighted by atomic mass is 32.2. The van der Waals surface area contributed by atoms with E-state index in [4.69, 9.17) is 4.74 Å². The molecule has 0 bridgehead atoms. The van der Waals surface area contributed by atoms with Gasteiger partial charge in [-0.15, -0.1) is 0 Å². The summed E-state index contributed by atoms with van der Waals surface area (Å²) >= 11 is 0. The average Bonchev–Trinajstić information content (AvgIpc) is 2.55. The topological polar surface area (TPSA) is 47.2 Å². The normalized spacial score (nSPS) is 14.4. The van der Waals surface area contributed by atoms with Gasteiger partial charge in [0.05, 0.1) is 0 Å². The molecule has 0 aliphatic carbocycles. The number of benzene rings is 2. The molecular weight excluding hydrogens is 334 g/mol. The molecular formula is C20H18NO3S+. The predicted octanol–water partition coefficient (Wildman–Crippen LogP) is 3.83. The third kappa shape index (κ3) is 2.43. The Morgan fingerprint density at radius 3 is 2.16 bits per heavy atom. The highest BCUT2D eigenvalue weighted by molar-refractivity contribution is 7.91. The molecule has 0 amide bonds. The molecule has 0 saturated heterocycles. The number of aryl methyl sites for hydroxylation is 3. The second-order valence-corrected chi connectivity index (χ2v) is 8.22. The van der Waals surface area contributed by atoms with Gasteiger partial charge in [-0.3, -0.25) is 0 Å². The lowest BCUT2D eigenvalue weighted by Gasteiger charge is -2.20. The SMILES string of the molecule is Cc1cc(C)[n+](-c2ccc3c(c2)S(=O)(=O)c2ccccc2O3)c(C)c1. The van der Waals surface area contributed by atoms with Gasteiger partial charge in [0.25, 0.3) is 0 Å². The minimum atomic E-state index is -3.60. The van der Waals surface area contributed by atoms with Gasteiger partial charge in [0.15, 0.2) is 11.4 Å². The summed E-state index contributed by atoms with van der Waals surface area (Å²) in [5.74, 6) is 0.739. The summed E-state index contributed by atoms with van der Waals surface area (Å²) in [6.45, 7) is 6.08. The number of fused-ring (bicyclic) bond motifs is 2. The smallest absolute Gasteiger partial charge is 0.214 e. The molecule has 0 fully saturated rings. The van der Waals surface area contributed by atoms with Crippen LogP contribution in [0.2, 0.25) is 0 Å². The van der Waals surface area contributed by atoms with Gasteiger partial charge in [0.2, 0.25) is 15.5 Å². The molecule has 2 aromatic carbocycles. The van der Waals surface area contributed by atoms with Crippen molar-refractivity contribution in [1.29, 1.82) is 0 Å². The molecule has 0 saturated carbocycles. The summed E-state index contributed by atoms with van der Waals surface area (Å²) in [5.41, 5.74) is 4.08. The fraction of sp³-hybridized carbons (Fsp3) is 0.150. The van der Waals surface area contributed by atoms with Crippen LogP contribution < -0.4 is 9.30 Å². The zero-order chi connectivity index (χ0) is 17.8.